The Bertz CT molecular complexity index is 1620. The minimum absolute atomic E-state index is 0.0300. The number of ether oxygens (including phenoxy) is 3. The van der Waals surface area contributed by atoms with E-state index in [1.54, 1.807) is 31.4 Å². The van der Waals surface area contributed by atoms with E-state index in [9.17, 15) is 14.4 Å². The Kier molecular flexibility index (Phi) is 7.78. The van der Waals surface area contributed by atoms with Gasteiger partial charge in [-0.3, -0.25) is 19.4 Å². The van der Waals surface area contributed by atoms with Crippen molar-refractivity contribution in [3.63, 3.8) is 0 Å². The number of carbonyl (C=O) groups is 3. The van der Waals surface area contributed by atoms with Crippen LogP contribution >= 0.6 is 11.8 Å². The molecule has 3 aliphatic heterocycles. The second-order valence-electron chi connectivity index (χ2n) is 9.63. The van der Waals surface area contributed by atoms with E-state index in [1.807, 2.05) is 42.5 Å². The molecule has 0 radical (unpaired) electrons. The lowest BCUT2D eigenvalue weighted by Crippen LogP contribution is -2.41. The highest BCUT2D eigenvalue weighted by molar-refractivity contribution is 8.14. The maximum Gasteiger partial charge on any atom is 0.259 e. The van der Waals surface area contributed by atoms with Gasteiger partial charge in [-0.2, -0.15) is 0 Å². The average Bonchev–Trinajstić information content (AvgIpc) is 3.62. The van der Waals surface area contributed by atoms with Gasteiger partial charge in [0.15, 0.2) is 16.7 Å². The van der Waals surface area contributed by atoms with Gasteiger partial charge in [0.25, 0.3) is 5.91 Å². The van der Waals surface area contributed by atoms with Crippen molar-refractivity contribution in [3.05, 3.63) is 77.9 Å². The van der Waals surface area contributed by atoms with Gasteiger partial charge in [0.05, 0.1) is 18.6 Å². The fourth-order valence-corrected chi connectivity index (χ4v) is 5.52. The first-order valence-electron chi connectivity index (χ1n) is 13.3. The fraction of sp³-hybridized carbons (Fsp3) is 0.233. The van der Waals surface area contributed by atoms with Crippen molar-refractivity contribution < 1.29 is 28.6 Å². The van der Waals surface area contributed by atoms with Crippen LogP contribution < -0.4 is 24.8 Å². The normalized spacial score (nSPS) is 16.3. The first-order chi connectivity index (χ1) is 20.5. The lowest BCUT2D eigenvalue weighted by atomic mass is 10.1. The molecule has 2 N–H and O–H groups in total. The third-order valence-corrected chi connectivity index (χ3v) is 7.74. The highest BCUT2D eigenvalue weighted by Gasteiger charge is 2.41. The fourth-order valence-electron chi connectivity index (χ4n) is 4.72. The lowest BCUT2D eigenvalue weighted by Gasteiger charge is -2.25. The first-order valence-corrected chi connectivity index (χ1v) is 14.3. The monoisotopic (exact) mass is 585 g/mol. The van der Waals surface area contributed by atoms with Crippen LogP contribution in [0.15, 0.2) is 76.7 Å². The van der Waals surface area contributed by atoms with Crippen molar-refractivity contribution in [1.82, 2.24) is 10.2 Å². The Morgan fingerprint density at radius 2 is 1.90 bits per heavy atom. The number of hydrogen-bond donors (Lipinski definition) is 2. The molecule has 3 aromatic rings. The molecular formula is C30H27N5O6S. The van der Waals surface area contributed by atoms with Crippen molar-refractivity contribution >= 4 is 51.9 Å². The van der Waals surface area contributed by atoms with Gasteiger partial charge in [-0.15, -0.1) is 0 Å². The SMILES string of the molecule is COc1cccc(NC(=O)CSC2=Nc3ccccc3C3=NC(CCC(=O)NCc4ccc5c(c4)OCO5)C(=O)N23)c1. The summed E-state index contributed by atoms with van der Waals surface area (Å²) in [7, 11) is 1.56. The van der Waals surface area contributed by atoms with Gasteiger partial charge < -0.3 is 24.8 Å². The Labute approximate surface area is 246 Å². The van der Waals surface area contributed by atoms with Gasteiger partial charge in [-0.25, -0.2) is 9.89 Å². The zero-order valence-corrected chi connectivity index (χ0v) is 23.5. The molecule has 42 heavy (non-hydrogen) atoms. The number of methoxy groups -OCH3 is 1. The van der Waals surface area contributed by atoms with Crippen LogP contribution in [-0.2, 0) is 20.9 Å². The zero-order valence-electron chi connectivity index (χ0n) is 22.7. The molecule has 0 spiro atoms. The number of rotatable bonds is 9. The highest BCUT2D eigenvalue weighted by atomic mass is 32.2. The second kappa shape index (κ2) is 12.0. The van der Waals surface area contributed by atoms with Crippen LogP contribution in [0.4, 0.5) is 11.4 Å². The number of hydrogen-bond acceptors (Lipinski definition) is 9. The maximum atomic E-state index is 13.5. The third kappa shape index (κ3) is 5.79. The lowest BCUT2D eigenvalue weighted by molar-refractivity contribution is -0.125. The zero-order chi connectivity index (χ0) is 29.1. The molecule has 0 saturated carbocycles. The summed E-state index contributed by atoms with van der Waals surface area (Å²) in [6.45, 7) is 0.513. The van der Waals surface area contributed by atoms with Crippen LogP contribution in [0.1, 0.15) is 24.0 Å². The molecule has 11 nitrogen and oxygen atoms in total. The summed E-state index contributed by atoms with van der Waals surface area (Å²) in [6.07, 6.45) is 0.359. The summed E-state index contributed by atoms with van der Waals surface area (Å²) >= 11 is 1.15. The van der Waals surface area contributed by atoms with E-state index < -0.39 is 6.04 Å². The molecular weight excluding hydrogens is 558 g/mol. The molecule has 0 aliphatic carbocycles. The number of amidine groups is 2. The number of benzene rings is 3. The molecule has 0 fully saturated rings. The molecule has 3 aliphatic rings. The van der Waals surface area contributed by atoms with E-state index in [-0.39, 0.29) is 43.1 Å². The summed E-state index contributed by atoms with van der Waals surface area (Å²) < 4.78 is 15.9. The number of thioether (sulfide) groups is 1. The van der Waals surface area contributed by atoms with Crippen LogP contribution in [0.2, 0.25) is 0 Å². The summed E-state index contributed by atoms with van der Waals surface area (Å²) in [5.74, 6) is 1.75. The number of nitrogens with one attached hydrogen (secondary N) is 2. The minimum atomic E-state index is -0.737. The Morgan fingerprint density at radius 3 is 2.79 bits per heavy atom. The van der Waals surface area contributed by atoms with Gasteiger partial charge in [0, 0.05) is 30.3 Å². The summed E-state index contributed by atoms with van der Waals surface area (Å²) in [4.78, 5) is 49.7. The standard InChI is InChI=1S/C30H27N5O6S/c1-39-20-6-4-5-19(14-20)32-27(37)16-42-30-34-22-8-3-2-7-21(22)28-33-23(29(38)35(28)30)10-12-26(36)31-15-18-9-11-24-25(13-18)41-17-40-24/h2-9,11,13-14,23H,10,12,15-17H2,1H3,(H,31,36)(H,32,37). The van der Waals surface area contributed by atoms with Crippen molar-refractivity contribution in [1.29, 1.82) is 0 Å². The molecule has 0 saturated heterocycles. The smallest absolute Gasteiger partial charge is 0.259 e. The molecule has 3 aromatic carbocycles. The predicted octanol–water partition coefficient (Wildman–Crippen LogP) is 3.85. The van der Waals surface area contributed by atoms with Crippen molar-refractivity contribution in [2.45, 2.75) is 25.4 Å². The third-order valence-electron chi connectivity index (χ3n) is 6.81. The van der Waals surface area contributed by atoms with Gasteiger partial charge in [-0.05, 0) is 48.4 Å². The minimum Gasteiger partial charge on any atom is -0.497 e. The molecule has 0 bridgehead atoms. The molecule has 1 unspecified atom stereocenters. The molecule has 3 amide bonds. The molecule has 214 valence electrons. The maximum absolute atomic E-state index is 13.5. The van der Waals surface area contributed by atoms with Crippen LogP contribution in [0.3, 0.4) is 0 Å². The quantitative estimate of drug-likeness (QED) is 0.390. The van der Waals surface area contributed by atoms with Crippen LogP contribution in [0, 0.1) is 0 Å². The number of aliphatic imine (C=N–C) groups is 2. The number of fused-ring (bicyclic) bond motifs is 4. The van der Waals surface area contributed by atoms with Crippen molar-refractivity contribution in [3.8, 4) is 17.2 Å². The van der Waals surface area contributed by atoms with E-state index in [0.717, 1.165) is 22.9 Å². The van der Waals surface area contributed by atoms with E-state index in [4.69, 9.17) is 19.2 Å². The number of nitrogens with zero attached hydrogens (tertiary/aromatic N) is 3. The largest absolute Gasteiger partial charge is 0.497 e. The summed E-state index contributed by atoms with van der Waals surface area (Å²) in [6, 6.07) is 19.2. The van der Waals surface area contributed by atoms with Crippen LogP contribution in [0.25, 0.3) is 0 Å². The van der Waals surface area contributed by atoms with Gasteiger partial charge >= 0.3 is 0 Å². The Morgan fingerprint density at radius 1 is 1.05 bits per heavy atom. The first kappa shape index (κ1) is 27.3. The Balaban J connectivity index is 1.08. The molecule has 1 atom stereocenters. The van der Waals surface area contributed by atoms with Gasteiger partial charge in [-0.1, -0.05) is 36.0 Å². The number of amides is 3. The predicted molar refractivity (Wildman–Crippen MR) is 158 cm³/mol. The van der Waals surface area contributed by atoms with E-state index in [2.05, 4.69) is 15.6 Å². The highest BCUT2D eigenvalue weighted by Crippen LogP contribution is 2.35. The summed E-state index contributed by atoms with van der Waals surface area (Å²) in [5.41, 5.74) is 2.88. The van der Waals surface area contributed by atoms with Crippen LogP contribution in [-0.4, -0.2) is 59.3 Å². The second-order valence-corrected chi connectivity index (χ2v) is 10.6. The van der Waals surface area contributed by atoms with E-state index in [0.29, 0.717) is 46.2 Å². The van der Waals surface area contributed by atoms with Crippen molar-refractivity contribution in [2.24, 2.45) is 9.98 Å². The average molecular weight is 586 g/mol. The van der Waals surface area contributed by atoms with Crippen molar-refractivity contribution in [2.75, 3.05) is 25.0 Å². The molecule has 3 heterocycles. The van der Waals surface area contributed by atoms with E-state index in [1.165, 1.54) is 4.90 Å². The molecule has 0 aromatic heterocycles. The Hall–Kier alpha value is -4.84. The number of carbonyl (C=O) groups excluding carboxylic acids is 3. The number of para-hydroxylation sites is 1. The van der Waals surface area contributed by atoms with Gasteiger partial charge in [0.2, 0.25) is 18.6 Å². The number of anilines is 1. The topological polar surface area (TPSA) is 131 Å². The molecule has 12 heteroatoms. The summed E-state index contributed by atoms with van der Waals surface area (Å²) in [5, 5.41) is 6.09. The van der Waals surface area contributed by atoms with Gasteiger partial charge in [0.1, 0.15) is 17.6 Å². The van der Waals surface area contributed by atoms with E-state index >= 15 is 0 Å². The molecule has 6 rings (SSSR count). The van der Waals surface area contributed by atoms with Crippen LogP contribution in [0.5, 0.6) is 17.2 Å².